The summed E-state index contributed by atoms with van der Waals surface area (Å²) in [5.41, 5.74) is 2.10. The second-order valence-electron chi connectivity index (χ2n) is 6.97. The smallest absolute Gasteiger partial charge is 0.291 e. The Morgan fingerprint density at radius 2 is 1.92 bits per heavy atom. The van der Waals surface area contributed by atoms with Crippen LogP contribution in [0.25, 0.3) is 0 Å². The van der Waals surface area contributed by atoms with Gasteiger partial charge in [-0.1, -0.05) is 48.3 Å². The number of nitrogens with zero attached hydrogens (tertiary/aromatic N) is 1. The molecule has 1 heterocycles. The number of fused-ring (bicyclic) bond motifs is 1. The van der Waals surface area contributed by atoms with Gasteiger partial charge >= 0.3 is 0 Å². The van der Waals surface area contributed by atoms with Gasteiger partial charge in [0.15, 0.2) is 5.76 Å². The first kappa shape index (κ1) is 17.8. The highest BCUT2D eigenvalue weighted by atomic mass is 35.5. The Labute approximate surface area is 155 Å². The Morgan fingerprint density at radius 1 is 1.28 bits per heavy atom. The van der Waals surface area contributed by atoms with Crippen molar-refractivity contribution in [2.75, 3.05) is 5.32 Å². The lowest BCUT2D eigenvalue weighted by Crippen LogP contribution is -2.27. The average Bonchev–Trinajstić information content (AvgIpc) is 2.85. The van der Waals surface area contributed by atoms with Gasteiger partial charge in [-0.2, -0.15) is 0 Å². The Morgan fingerprint density at radius 3 is 2.52 bits per heavy atom. The van der Waals surface area contributed by atoms with Gasteiger partial charge in [0.05, 0.1) is 21.4 Å². The summed E-state index contributed by atoms with van der Waals surface area (Å²) in [5, 5.41) is 16.2. The second kappa shape index (κ2) is 6.39. The van der Waals surface area contributed by atoms with E-state index in [1.165, 1.54) is 0 Å². The molecule has 0 unspecified atom stereocenters. The van der Waals surface area contributed by atoms with Crippen LogP contribution in [0.4, 0.5) is 5.69 Å². The van der Waals surface area contributed by atoms with Crippen molar-refractivity contribution in [3.05, 3.63) is 50.9 Å². The van der Waals surface area contributed by atoms with Crippen molar-refractivity contribution in [1.29, 1.82) is 0 Å². The van der Waals surface area contributed by atoms with Crippen molar-refractivity contribution in [2.45, 2.75) is 33.6 Å². The molecule has 0 spiro atoms. The fraction of sp³-hybridized carbons (Fsp3) is 0.333. The van der Waals surface area contributed by atoms with Crippen LogP contribution in [0.5, 0.6) is 0 Å². The maximum Gasteiger partial charge on any atom is 0.291 e. The first-order valence-corrected chi connectivity index (χ1v) is 8.58. The first-order chi connectivity index (χ1) is 11.7. The SMILES string of the molecule is Cc1c(C(=O)Nc2c(Cl)cccc2Cl)oc2c1/C(=N\O)CC(C)(C)C2. The molecule has 5 nitrogen and oxygen atoms in total. The van der Waals surface area contributed by atoms with E-state index in [1.807, 2.05) is 0 Å². The Bertz CT molecular complexity index is 864. The molecule has 0 fully saturated rings. The van der Waals surface area contributed by atoms with E-state index in [-0.39, 0.29) is 11.2 Å². The third kappa shape index (κ3) is 3.26. The van der Waals surface area contributed by atoms with Crippen LogP contribution in [0.1, 0.15) is 47.7 Å². The lowest BCUT2D eigenvalue weighted by Gasteiger charge is -2.28. The highest BCUT2D eigenvalue weighted by Gasteiger charge is 2.36. The highest BCUT2D eigenvalue weighted by Crippen LogP contribution is 2.39. The van der Waals surface area contributed by atoms with E-state index in [2.05, 4.69) is 24.3 Å². The molecule has 1 aromatic carbocycles. The van der Waals surface area contributed by atoms with Crippen LogP contribution < -0.4 is 5.32 Å². The van der Waals surface area contributed by atoms with Gasteiger partial charge in [-0.15, -0.1) is 0 Å². The van der Waals surface area contributed by atoms with Crippen LogP contribution >= 0.6 is 23.2 Å². The fourth-order valence-electron chi connectivity index (χ4n) is 3.20. The van der Waals surface area contributed by atoms with E-state index in [9.17, 15) is 10.0 Å². The summed E-state index contributed by atoms with van der Waals surface area (Å²) in [6.45, 7) is 5.89. The molecule has 1 amide bonds. The van der Waals surface area contributed by atoms with Crippen LogP contribution in [0.3, 0.4) is 0 Å². The molecule has 2 N–H and O–H groups in total. The number of anilines is 1. The van der Waals surface area contributed by atoms with Gasteiger partial charge in [0.2, 0.25) is 0 Å². The van der Waals surface area contributed by atoms with E-state index in [1.54, 1.807) is 25.1 Å². The molecule has 25 heavy (non-hydrogen) atoms. The number of carbonyl (C=O) groups excluding carboxylic acids is 1. The summed E-state index contributed by atoms with van der Waals surface area (Å²) in [6, 6.07) is 4.98. The molecule has 3 rings (SSSR count). The summed E-state index contributed by atoms with van der Waals surface area (Å²) >= 11 is 12.2. The fourth-order valence-corrected chi connectivity index (χ4v) is 3.70. The molecule has 1 aliphatic rings. The summed E-state index contributed by atoms with van der Waals surface area (Å²) < 4.78 is 5.83. The number of halogens is 2. The van der Waals surface area contributed by atoms with Gasteiger partial charge in [-0.25, -0.2) is 0 Å². The first-order valence-electron chi connectivity index (χ1n) is 7.82. The molecule has 1 aromatic heterocycles. The maximum absolute atomic E-state index is 12.7. The zero-order valence-electron chi connectivity index (χ0n) is 14.1. The molecule has 2 aromatic rings. The zero-order chi connectivity index (χ0) is 18.4. The van der Waals surface area contributed by atoms with Crippen molar-refractivity contribution in [1.82, 2.24) is 0 Å². The summed E-state index contributed by atoms with van der Waals surface area (Å²) in [5.74, 6) is 0.369. The van der Waals surface area contributed by atoms with Crippen molar-refractivity contribution in [3.8, 4) is 0 Å². The number of oxime groups is 1. The Hall–Kier alpha value is -1.98. The lowest BCUT2D eigenvalue weighted by atomic mass is 9.75. The number of benzene rings is 1. The quantitative estimate of drug-likeness (QED) is 0.548. The maximum atomic E-state index is 12.7. The molecule has 0 bridgehead atoms. The number of hydrogen-bond acceptors (Lipinski definition) is 4. The van der Waals surface area contributed by atoms with E-state index in [0.29, 0.717) is 51.2 Å². The van der Waals surface area contributed by atoms with Gasteiger partial charge in [0.25, 0.3) is 5.91 Å². The summed E-state index contributed by atoms with van der Waals surface area (Å²) in [6.07, 6.45) is 1.26. The van der Waals surface area contributed by atoms with Crippen molar-refractivity contribution < 1.29 is 14.4 Å². The summed E-state index contributed by atoms with van der Waals surface area (Å²) in [7, 11) is 0. The molecule has 0 radical (unpaired) electrons. The van der Waals surface area contributed by atoms with Crippen molar-refractivity contribution in [2.24, 2.45) is 10.6 Å². The third-order valence-corrected chi connectivity index (χ3v) is 4.95. The normalized spacial score (nSPS) is 17.4. The van der Waals surface area contributed by atoms with E-state index < -0.39 is 5.91 Å². The highest BCUT2D eigenvalue weighted by molar-refractivity contribution is 6.40. The van der Waals surface area contributed by atoms with Crippen LogP contribution in [-0.2, 0) is 6.42 Å². The number of hydrogen-bond donors (Lipinski definition) is 2. The molecule has 7 heteroatoms. The average molecular weight is 381 g/mol. The van der Waals surface area contributed by atoms with Gasteiger partial charge < -0.3 is 14.9 Å². The molecule has 132 valence electrons. The minimum absolute atomic E-state index is 0.112. The molecular weight excluding hydrogens is 363 g/mol. The lowest BCUT2D eigenvalue weighted by molar-refractivity contribution is 0.0993. The van der Waals surface area contributed by atoms with Crippen LogP contribution in [0.2, 0.25) is 10.0 Å². The number of carbonyl (C=O) groups is 1. The van der Waals surface area contributed by atoms with Crippen LogP contribution in [0.15, 0.2) is 27.8 Å². The van der Waals surface area contributed by atoms with Gasteiger partial charge in [0, 0.05) is 17.5 Å². The topological polar surface area (TPSA) is 74.8 Å². The third-order valence-electron chi connectivity index (χ3n) is 4.32. The van der Waals surface area contributed by atoms with E-state index in [0.717, 1.165) is 0 Å². The predicted molar refractivity (Wildman–Crippen MR) is 98.3 cm³/mol. The summed E-state index contributed by atoms with van der Waals surface area (Å²) in [4.78, 5) is 12.7. The van der Waals surface area contributed by atoms with Crippen LogP contribution in [0, 0.1) is 12.3 Å². The monoisotopic (exact) mass is 380 g/mol. The standard InChI is InChI=1S/C18H18Cl2N2O3/c1-9-14-12(22-24)7-18(2,3)8-13(14)25-16(9)17(23)21-15-10(19)5-4-6-11(15)20/h4-6,24H,7-8H2,1-3H3,(H,21,23)/b22-12-. The number of amides is 1. The number of furan rings is 1. The van der Waals surface area contributed by atoms with E-state index >= 15 is 0 Å². The van der Waals surface area contributed by atoms with Gasteiger partial charge in [0.1, 0.15) is 5.76 Å². The number of para-hydroxylation sites is 1. The Kier molecular flexibility index (Phi) is 4.56. The second-order valence-corrected chi connectivity index (χ2v) is 7.78. The molecule has 1 aliphatic carbocycles. The zero-order valence-corrected chi connectivity index (χ0v) is 15.6. The molecular formula is C18H18Cl2N2O3. The van der Waals surface area contributed by atoms with Gasteiger partial charge in [-0.3, -0.25) is 4.79 Å². The van der Waals surface area contributed by atoms with E-state index in [4.69, 9.17) is 27.6 Å². The minimum atomic E-state index is -0.447. The van der Waals surface area contributed by atoms with Crippen molar-refractivity contribution in [3.63, 3.8) is 0 Å². The van der Waals surface area contributed by atoms with Crippen LogP contribution in [-0.4, -0.2) is 16.8 Å². The minimum Gasteiger partial charge on any atom is -0.455 e. The largest absolute Gasteiger partial charge is 0.455 e. The molecule has 0 saturated carbocycles. The number of rotatable bonds is 2. The number of nitrogens with one attached hydrogen (secondary N) is 1. The predicted octanol–water partition coefficient (Wildman–Crippen LogP) is 5.30. The molecule has 0 saturated heterocycles. The Balaban J connectivity index is 2.00. The molecule has 0 aliphatic heterocycles. The van der Waals surface area contributed by atoms with Crippen molar-refractivity contribution >= 4 is 40.5 Å². The van der Waals surface area contributed by atoms with Gasteiger partial charge in [-0.05, 0) is 30.9 Å². The molecule has 0 atom stereocenters.